The van der Waals surface area contributed by atoms with Crippen molar-refractivity contribution in [3.63, 3.8) is 0 Å². The van der Waals surface area contributed by atoms with E-state index >= 15 is 0 Å². The van der Waals surface area contributed by atoms with Crippen LogP contribution in [0.2, 0.25) is 0 Å². The van der Waals surface area contributed by atoms with Gasteiger partial charge in [0.2, 0.25) is 5.91 Å². The first kappa shape index (κ1) is 17.0. The summed E-state index contributed by atoms with van der Waals surface area (Å²) in [6.07, 6.45) is 6.81. The normalized spacial score (nSPS) is 28.9. The summed E-state index contributed by atoms with van der Waals surface area (Å²) >= 11 is 0. The van der Waals surface area contributed by atoms with Gasteiger partial charge >= 0.3 is 0 Å². The van der Waals surface area contributed by atoms with Crippen molar-refractivity contribution >= 4 is 17.5 Å². The molecular formula is C20H28N2O2. The summed E-state index contributed by atoms with van der Waals surface area (Å²) in [5, 5.41) is 6.07. The lowest BCUT2D eigenvalue weighted by Crippen LogP contribution is -2.37. The number of amides is 2. The number of hydrogen-bond donors (Lipinski definition) is 2. The number of carbonyl (C=O) groups is 2. The van der Waals surface area contributed by atoms with Gasteiger partial charge in [-0.25, -0.2) is 0 Å². The topological polar surface area (TPSA) is 58.2 Å². The van der Waals surface area contributed by atoms with E-state index in [-0.39, 0.29) is 17.7 Å². The molecule has 2 unspecified atom stereocenters. The fraction of sp³-hybridized carbons (Fsp3) is 0.600. The Hall–Kier alpha value is -1.84. The van der Waals surface area contributed by atoms with Crippen LogP contribution in [0.4, 0.5) is 5.69 Å². The van der Waals surface area contributed by atoms with Crippen LogP contribution in [0.15, 0.2) is 24.3 Å². The first-order valence-electron chi connectivity index (χ1n) is 9.28. The van der Waals surface area contributed by atoms with E-state index in [0.717, 1.165) is 30.9 Å². The minimum absolute atomic E-state index is 0.0105. The van der Waals surface area contributed by atoms with E-state index in [0.29, 0.717) is 17.5 Å². The van der Waals surface area contributed by atoms with Crippen molar-refractivity contribution in [3.8, 4) is 0 Å². The van der Waals surface area contributed by atoms with Gasteiger partial charge in [-0.3, -0.25) is 9.59 Å². The van der Waals surface area contributed by atoms with Crippen molar-refractivity contribution in [1.82, 2.24) is 5.32 Å². The number of hydrogen-bond acceptors (Lipinski definition) is 2. The predicted molar refractivity (Wildman–Crippen MR) is 95.8 cm³/mol. The van der Waals surface area contributed by atoms with Crippen LogP contribution in [0, 0.1) is 17.8 Å². The smallest absolute Gasteiger partial charge is 0.251 e. The molecule has 0 bridgehead atoms. The van der Waals surface area contributed by atoms with Crippen LogP contribution in [0.1, 0.15) is 62.7 Å². The van der Waals surface area contributed by atoms with Gasteiger partial charge in [0.25, 0.3) is 5.91 Å². The quantitative estimate of drug-likeness (QED) is 0.859. The summed E-state index contributed by atoms with van der Waals surface area (Å²) < 4.78 is 0. The highest BCUT2D eigenvalue weighted by atomic mass is 16.2. The third-order valence-electron chi connectivity index (χ3n) is 5.62. The van der Waals surface area contributed by atoms with Crippen molar-refractivity contribution in [2.24, 2.45) is 17.8 Å². The molecule has 4 nitrogen and oxygen atoms in total. The second-order valence-electron chi connectivity index (χ2n) is 7.49. The fourth-order valence-corrected chi connectivity index (χ4v) is 3.61. The van der Waals surface area contributed by atoms with Gasteiger partial charge in [0, 0.05) is 23.2 Å². The van der Waals surface area contributed by atoms with Crippen LogP contribution in [0.3, 0.4) is 0 Å². The standard InChI is InChI=1S/C20H28N2O2/c1-3-14-4-8-16(9-5-14)21-19(23)15-6-10-17(11-7-15)22-20(24)18-12-13(18)2/h6-7,10-11,13-14,16,18H,3-5,8-9,12H2,1-2H3,(H,21,23)(H,22,24). The molecular weight excluding hydrogens is 300 g/mol. The molecule has 130 valence electrons. The summed E-state index contributed by atoms with van der Waals surface area (Å²) in [4.78, 5) is 24.3. The lowest BCUT2D eigenvalue weighted by atomic mass is 9.84. The molecule has 2 aliphatic carbocycles. The third kappa shape index (κ3) is 4.16. The molecule has 0 radical (unpaired) electrons. The molecule has 2 aliphatic rings. The molecule has 2 amide bonds. The first-order chi connectivity index (χ1) is 11.6. The number of anilines is 1. The largest absolute Gasteiger partial charge is 0.349 e. The molecule has 1 aromatic rings. The van der Waals surface area contributed by atoms with E-state index in [9.17, 15) is 9.59 Å². The Balaban J connectivity index is 1.49. The Bertz CT molecular complexity index is 588. The average molecular weight is 328 g/mol. The molecule has 0 spiro atoms. The summed E-state index contributed by atoms with van der Waals surface area (Å²) in [7, 11) is 0. The number of benzene rings is 1. The molecule has 24 heavy (non-hydrogen) atoms. The van der Waals surface area contributed by atoms with Crippen LogP contribution in [0.25, 0.3) is 0 Å². The minimum Gasteiger partial charge on any atom is -0.349 e. The molecule has 3 rings (SSSR count). The SMILES string of the molecule is CCC1CCC(NC(=O)c2ccc(NC(=O)C3CC3C)cc2)CC1. The monoisotopic (exact) mass is 328 g/mol. The van der Waals surface area contributed by atoms with Gasteiger partial charge in [0.15, 0.2) is 0 Å². The van der Waals surface area contributed by atoms with Gasteiger partial charge in [0.1, 0.15) is 0 Å². The predicted octanol–water partition coefficient (Wildman–Crippen LogP) is 3.98. The summed E-state index contributed by atoms with van der Waals surface area (Å²) in [5.74, 6) is 1.57. The van der Waals surface area contributed by atoms with Gasteiger partial charge in [0.05, 0.1) is 0 Å². The highest BCUT2D eigenvalue weighted by Gasteiger charge is 2.39. The van der Waals surface area contributed by atoms with Crippen LogP contribution in [-0.2, 0) is 4.79 Å². The molecule has 4 heteroatoms. The number of rotatable bonds is 5. The van der Waals surface area contributed by atoms with Crippen molar-refractivity contribution < 1.29 is 9.59 Å². The van der Waals surface area contributed by atoms with Gasteiger partial charge in [-0.2, -0.15) is 0 Å². The second-order valence-corrected chi connectivity index (χ2v) is 7.49. The van der Waals surface area contributed by atoms with E-state index in [1.807, 2.05) is 12.1 Å². The molecule has 2 fully saturated rings. The highest BCUT2D eigenvalue weighted by Crippen LogP contribution is 2.38. The van der Waals surface area contributed by atoms with Crippen LogP contribution in [-0.4, -0.2) is 17.9 Å². The Morgan fingerprint density at radius 3 is 2.25 bits per heavy atom. The molecule has 2 saturated carbocycles. The third-order valence-corrected chi connectivity index (χ3v) is 5.62. The van der Waals surface area contributed by atoms with Crippen LogP contribution >= 0.6 is 0 Å². The maximum atomic E-state index is 12.4. The first-order valence-corrected chi connectivity index (χ1v) is 9.28. The molecule has 1 aromatic carbocycles. The maximum Gasteiger partial charge on any atom is 0.251 e. The molecule has 0 aliphatic heterocycles. The van der Waals surface area contributed by atoms with Crippen molar-refractivity contribution in [1.29, 1.82) is 0 Å². The highest BCUT2D eigenvalue weighted by molar-refractivity contribution is 5.97. The Morgan fingerprint density at radius 2 is 1.71 bits per heavy atom. The molecule has 0 saturated heterocycles. The zero-order valence-corrected chi connectivity index (χ0v) is 14.7. The van der Waals surface area contributed by atoms with E-state index in [2.05, 4.69) is 24.5 Å². The molecule has 0 heterocycles. The van der Waals surface area contributed by atoms with E-state index in [4.69, 9.17) is 0 Å². The zero-order valence-electron chi connectivity index (χ0n) is 14.7. The van der Waals surface area contributed by atoms with Gasteiger partial charge in [-0.05, 0) is 68.2 Å². The van der Waals surface area contributed by atoms with E-state index in [1.165, 1.54) is 19.3 Å². The summed E-state index contributed by atoms with van der Waals surface area (Å²) in [6.45, 7) is 4.33. The van der Waals surface area contributed by atoms with Crippen LogP contribution < -0.4 is 10.6 Å². The van der Waals surface area contributed by atoms with Crippen LogP contribution in [0.5, 0.6) is 0 Å². The lowest BCUT2D eigenvalue weighted by Gasteiger charge is -2.28. The van der Waals surface area contributed by atoms with Gasteiger partial charge in [-0.15, -0.1) is 0 Å². The molecule has 2 atom stereocenters. The maximum absolute atomic E-state index is 12.4. The molecule has 0 aromatic heterocycles. The van der Waals surface area contributed by atoms with Gasteiger partial charge < -0.3 is 10.6 Å². The number of nitrogens with one attached hydrogen (secondary N) is 2. The average Bonchev–Trinajstić information content (AvgIpc) is 3.33. The van der Waals surface area contributed by atoms with Crippen molar-refractivity contribution in [2.45, 2.75) is 58.4 Å². The van der Waals surface area contributed by atoms with Crippen molar-refractivity contribution in [3.05, 3.63) is 29.8 Å². The summed E-state index contributed by atoms with van der Waals surface area (Å²) in [6, 6.07) is 7.51. The Kier molecular flexibility index (Phi) is 5.22. The zero-order chi connectivity index (χ0) is 17.1. The van der Waals surface area contributed by atoms with Crippen molar-refractivity contribution in [2.75, 3.05) is 5.32 Å². The number of carbonyl (C=O) groups excluding carboxylic acids is 2. The minimum atomic E-state index is -0.0105. The Labute approximate surface area is 144 Å². The fourth-order valence-electron chi connectivity index (χ4n) is 3.61. The van der Waals surface area contributed by atoms with E-state index in [1.54, 1.807) is 12.1 Å². The Morgan fingerprint density at radius 1 is 1.08 bits per heavy atom. The second kappa shape index (κ2) is 7.37. The summed E-state index contributed by atoms with van der Waals surface area (Å²) in [5.41, 5.74) is 1.42. The van der Waals surface area contributed by atoms with Gasteiger partial charge in [-0.1, -0.05) is 20.3 Å². The lowest BCUT2D eigenvalue weighted by molar-refractivity contribution is -0.117. The van der Waals surface area contributed by atoms with E-state index < -0.39 is 0 Å². The molecule has 2 N–H and O–H groups in total.